The number of benzene rings is 2. The molecule has 2 nitrogen and oxygen atoms in total. The van der Waals surface area contributed by atoms with Crippen molar-refractivity contribution < 1.29 is 5.11 Å². The fourth-order valence-corrected chi connectivity index (χ4v) is 3.87. The molecule has 1 saturated carbocycles. The third-order valence-corrected chi connectivity index (χ3v) is 5.38. The number of hydrogen-bond donors (Lipinski definition) is 1. The quantitative estimate of drug-likeness (QED) is 0.677. The molecule has 2 aromatic rings. The molecule has 0 aromatic heterocycles. The number of nitrogens with zero attached hydrogens (tertiary/aromatic N) is 1. The highest BCUT2D eigenvalue weighted by molar-refractivity contribution is 5.66. The van der Waals surface area contributed by atoms with Gasteiger partial charge in [0.1, 0.15) is 0 Å². The van der Waals surface area contributed by atoms with Gasteiger partial charge in [0.05, 0.1) is 5.69 Å². The fourth-order valence-electron chi connectivity index (χ4n) is 3.87. The van der Waals surface area contributed by atoms with E-state index < -0.39 is 0 Å². The monoisotopic (exact) mass is 321 g/mol. The number of aliphatic hydroxyl groups excluding tert-OH is 1. The Hall–Kier alpha value is -1.93. The first kappa shape index (κ1) is 16.9. The van der Waals surface area contributed by atoms with E-state index in [0.29, 0.717) is 12.5 Å². The van der Waals surface area contributed by atoms with Crippen LogP contribution in [-0.4, -0.2) is 18.4 Å². The summed E-state index contributed by atoms with van der Waals surface area (Å²) in [6, 6.07) is 17.3. The first-order valence-electron chi connectivity index (χ1n) is 9.08. The Bertz CT molecular complexity index is 637. The van der Waals surface area contributed by atoms with Crippen LogP contribution < -0.4 is 0 Å². The Morgan fingerprint density at radius 1 is 0.875 bits per heavy atom. The summed E-state index contributed by atoms with van der Waals surface area (Å²) in [6.45, 7) is 3.89. The van der Waals surface area contributed by atoms with Crippen LogP contribution in [0.1, 0.15) is 50.0 Å². The van der Waals surface area contributed by atoms with Crippen LogP contribution >= 0.6 is 0 Å². The molecule has 1 N–H and O–H groups in total. The fraction of sp³-hybridized carbons (Fsp3) is 0.409. The second-order valence-electron chi connectivity index (χ2n) is 6.91. The number of aliphatic hydroxyl groups is 1. The van der Waals surface area contributed by atoms with Gasteiger partial charge in [-0.15, -0.1) is 0 Å². The van der Waals surface area contributed by atoms with Gasteiger partial charge in [0.2, 0.25) is 0 Å². The molecular formula is C22H27NO. The van der Waals surface area contributed by atoms with Crippen molar-refractivity contribution in [2.45, 2.75) is 44.4 Å². The Kier molecular flexibility index (Phi) is 5.81. The second-order valence-corrected chi connectivity index (χ2v) is 6.91. The zero-order chi connectivity index (χ0) is 16.8. The summed E-state index contributed by atoms with van der Waals surface area (Å²) in [7, 11) is 0. The van der Waals surface area contributed by atoms with Crippen LogP contribution in [0.3, 0.4) is 0 Å². The summed E-state index contributed by atoms with van der Waals surface area (Å²) in [5.41, 5.74) is 4.87. The number of aliphatic imine (C=N–C) groups is 1. The molecule has 0 aliphatic heterocycles. The molecular weight excluding hydrogens is 294 g/mol. The smallest absolute Gasteiger partial charge is 0.0622 e. The summed E-state index contributed by atoms with van der Waals surface area (Å²) in [5, 5.41) is 8.97. The normalized spacial score (nSPS) is 20.7. The van der Waals surface area contributed by atoms with E-state index in [0.717, 1.165) is 18.0 Å². The lowest BCUT2D eigenvalue weighted by atomic mass is 9.77. The molecule has 1 aliphatic rings. The van der Waals surface area contributed by atoms with Gasteiger partial charge in [-0.25, -0.2) is 0 Å². The van der Waals surface area contributed by atoms with Crippen LogP contribution in [0, 0.1) is 5.92 Å². The molecule has 0 saturated heterocycles. The highest BCUT2D eigenvalue weighted by Crippen LogP contribution is 2.38. The third-order valence-electron chi connectivity index (χ3n) is 5.38. The van der Waals surface area contributed by atoms with E-state index in [1.165, 1.54) is 48.8 Å². The van der Waals surface area contributed by atoms with Crippen molar-refractivity contribution in [2.24, 2.45) is 10.9 Å². The van der Waals surface area contributed by atoms with E-state index in [1.807, 2.05) is 12.1 Å². The van der Waals surface area contributed by atoms with Gasteiger partial charge in [-0.3, -0.25) is 4.99 Å². The minimum atomic E-state index is 0.339. The molecule has 126 valence electrons. The topological polar surface area (TPSA) is 32.6 Å². The van der Waals surface area contributed by atoms with Crippen LogP contribution in [0.25, 0.3) is 11.1 Å². The largest absolute Gasteiger partial charge is 0.396 e. The lowest BCUT2D eigenvalue weighted by molar-refractivity contribution is 0.246. The lowest BCUT2D eigenvalue weighted by Gasteiger charge is -2.28. The van der Waals surface area contributed by atoms with E-state index >= 15 is 0 Å². The van der Waals surface area contributed by atoms with Crippen molar-refractivity contribution in [3.05, 3.63) is 54.1 Å². The Balaban J connectivity index is 1.61. The van der Waals surface area contributed by atoms with Crippen molar-refractivity contribution in [3.8, 4) is 11.1 Å². The molecule has 0 amide bonds. The van der Waals surface area contributed by atoms with Gasteiger partial charge in [-0.2, -0.15) is 0 Å². The van der Waals surface area contributed by atoms with Crippen molar-refractivity contribution in [1.29, 1.82) is 0 Å². The van der Waals surface area contributed by atoms with E-state index in [9.17, 15) is 0 Å². The maximum absolute atomic E-state index is 8.97. The van der Waals surface area contributed by atoms with Crippen LogP contribution in [0.2, 0.25) is 0 Å². The van der Waals surface area contributed by atoms with Crippen LogP contribution in [-0.2, 0) is 0 Å². The maximum Gasteiger partial charge on any atom is 0.0622 e. The zero-order valence-electron chi connectivity index (χ0n) is 14.3. The van der Waals surface area contributed by atoms with Gasteiger partial charge >= 0.3 is 0 Å². The third kappa shape index (κ3) is 4.12. The first-order valence-corrected chi connectivity index (χ1v) is 9.08. The molecule has 2 heteroatoms. The molecule has 0 heterocycles. The van der Waals surface area contributed by atoms with E-state index in [2.05, 4.69) is 48.1 Å². The lowest BCUT2D eigenvalue weighted by Crippen LogP contribution is -2.13. The Morgan fingerprint density at radius 2 is 1.46 bits per heavy atom. The van der Waals surface area contributed by atoms with Crippen molar-refractivity contribution in [2.75, 3.05) is 6.61 Å². The SMILES string of the molecule is C=Nc1ccc(-c2ccc(C3CCC(CCCO)CC3)cc2)cc1. The summed E-state index contributed by atoms with van der Waals surface area (Å²) in [4.78, 5) is 3.94. The van der Waals surface area contributed by atoms with Crippen LogP contribution in [0.15, 0.2) is 53.5 Å². The zero-order valence-corrected chi connectivity index (χ0v) is 14.3. The van der Waals surface area contributed by atoms with E-state index in [-0.39, 0.29) is 0 Å². The van der Waals surface area contributed by atoms with E-state index in [1.54, 1.807) is 0 Å². The summed E-state index contributed by atoms with van der Waals surface area (Å²) < 4.78 is 0. The Morgan fingerprint density at radius 3 is 2.00 bits per heavy atom. The molecule has 0 unspecified atom stereocenters. The molecule has 24 heavy (non-hydrogen) atoms. The van der Waals surface area contributed by atoms with Gasteiger partial charge in [0, 0.05) is 6.61 Å². The highest BCUT2D eigenvalue weighted by Gasteiger charge is 2.21. The maximum atomic E-state index is 8.97. The predicted molar refractivity (Wildman–Crippen MR) is 102 cm³/mol. The van der Waals surface area contributed by atoms with Crippen molar-refractivity contribution in [1.82, 2.24) is 0 Å². The molecule has 1 fully saturated rings. The average Bonchev–Trinajstić information content (AvgIpc) is 2.67. The van der Waals surface area contributed by atoms with Gasteiger partial charge < -0.3 is 5.11 Å². The predicted octanol–water partition coefficient (Wildman–Crippen LogP) is 5.73. The van der Waals surface area contributed by atoms with E-state index in [4.69, 9.17) is 5.11 Å². The summed E-state index contributed by atoms with van der Waals surface area (Å²) >= 11 is 0. The molecule has 0 atom stereocenters. The van der Waals surface area contributed by atoms with Gasteiger partial charge in [0.25, 0.3) is 0 Å². The molecule has 2 aromatic carbocycles. The standard InChI is InChI=1S/C22H27NO/c1-23-22-14-12-21(13-15-22)20-10-8-19(9-11-20)18-6-4-17(5-7-18)3-2-16-24/h8-15,17-18,24H,1-7,16H2. The highest BCUT2D eigenvalue weighted by atomic mass is 16.2. The van der Waals surface area contributed by atoms with Crippen molar-refractivity contribution >= 4 is 12.4 Å². The molecule has 3 rings (SSSR count). The van der Waals surface area contributed by atoms with Crippen LogP contribution in [0.4, 0.5) is 5.69 Å². The van der Waals surface area contributed by atoms with Gasteiger partial charge in [-0.05, 0) is 85.9 Å². The minimum absolute atomic E-state index is 0.339. The summed E-state index contributed by atoms with van der Waals surface area (Å²) in [6.07, 6.45) is 7.34. The number of rotatable bonds is 6. The molecule has 0 radical (unpaired) electrons. The minimum Gasteiger partial charge on any atom is -0.396 e. The molecule has 0 bridgehead atoms. The average molecular weight is 321 g/mol. The molecule has 1 aliphatic carbocycles. The number of hydrogen-bond acceptors (Lipinski definition) is 2. The summed E-state index contributed by atoms with van der Waals surface area (Å²) in [5.74, 6) is 1.53. The second kappa shape index (κ2) is 8.25. The van der Waals surface area contributed by atoms with Crippen molar-refractivity contribution in [3.63, 3.8) is 0 Å². The Labute approximate surface area is 145 Å². The van der Waals surface area contributed by atoms with Gasteiger partial charge in [0.15, 0.2) is 0 Å². The van der Waals surface area contributed by atoms with Crippen LogP contribution in [0.5, 0.6) is 0 Å². The van der Waals surface area contributed by atoms with Gasteiger partial charge in [-0.1, -0.05) is 36.4 Å². The molecule has 0 spiro atoms. The first-order chi connectivity index (χ1) is 11.8.